The molecule has 94 valence electrons. The molecule has 1 rings (SSSR count). The molecule has 1 fully saturated rings. The van der Waals surface area contributed by atoms with Crippen molar-refractivity contribution in [2.75, 3.05) is 6.54 Å². The molecule has 3 nitrogen and oxygen atoms in total. The van der Waals surface area contributed by atoms with E-state index in [2.05, 4.69) is 0 Å². The van der Waals surface area contributed by atoms with Crippen molar-refractivity contribution in [2.24, 2.45) is 5.73 Å². The van der Waals surface area contributed by atoms with Crippen LogP contribution in [0.25, 0.3) is 0 Å². The minimum atomic E-state index is -4.18. The Morgan fingerprint density at radius 2 is 2.06 bits per heavy atom. The molecule has 0 spiro atoms. The van der Waals surface area contributed by atoms with Crippen molar-refractivity contribution >= 4 is 5.78 Å². The predicted molar refractivity (Wildman–Crippen MR) is 51.9 cm³/mol. The standard InChI is InChI=1S/C10H16F3NO2/c11-10(12,13)5-1-2-8(15)9-4-3-7(6-14)16-9/h7,9H,1-6,14H2. The first kappa shape index (κ1) is 13.4. The molecule has 0 bridgehead atoms. The van der Waals surface area contributed by atoms with Crippen LogP contribution in [0.5, 0.6) is 0 Å². The second-order valence-electron chi connectivity index (χ2n) is 3.99. The first-order valence-electron chi connectivity index (χ1n) is 5.37. The van der Waals surface area contributed by atoms with Crippen LogP contribution in [0.2, 0.25) is 0 Å². The fraction of sp³-hybridized carbons (Fsp3) is 0.900. The van der Waals surface area contributed by atoms with Crippen LogP contribution in [0, 0.1) is 0 Å². The third kappa shape index (κ3) is 4.49. The van der Waals surface area contributed by atoms with Crippen LogP contribution in [-0.2, 0) is 9.53 Å². The lowest BCUT2D eigenvalue weighted by molar-refractivity contribution is -0.139. The van der Waals surface area contributed by atoms with Crippen LogP contribution in [0.3, 0.4) is 0 Å². The van der Waals surface area contributed by atoms with Crippen LogP contribution in [0.1, 0.15) is 32.1 Å². The summed E-state index contributed by atoms with van der Waals surface area (Å²) >= 11 is 0. The highest BCUT2D eigenvalue weighted by atomic mass is 19.4. The SMILES string of the molecule is NCC1CCC(C(=O)CCCC(F)(F)F)O1. The molecule has 6 heteroatoms. The number of nitrogens with two attached hydrogens (primary N) is 1. The van der Waals surface area contributed by atoms with Gasteiger partial charge in [-0.15, -0.1) is 0 Å². The van der Waals surface area contributed by atoms with E-state index in [0.29, 0.717) is 19.4 Å². The van der Waals surface area contributed by atoms with E-state index in [4.69, 9.17) is 10.5 Å². The van der Waals surface area contributed by atoms with Crippen LogP contribution in [0.4, 0.5) is 13.2 Å². The van der Waals surface area contributed by atoms with Crippen LogP contribution in [0.15, 0.2) is 0 Å². The van der Waals surface area contributed by atoms with E-state index < -0.39 is 18.7 Å². The number of carbonyl (C=O) groups excluding carboxylic acids is 1. The van der Waals surface area contributed by atoms with Crippen LogP contribution in [-0.4, -0.2) is 30.7 Å². The largest absolute Gasteiger partial charge is 0.389 e. The summed E-state index contributed by atoms with van der Waals surface area (Å²) in [6.45, 7) is 0.354. The number of hydrogen-bond acceptors (Lipinski definition) is 3. The fourth-order valence-corrected chi connectivity index (χ4v) is 1.74. The number of ether oxygens (including phenoxy) is 1. The first-order valence-corrected chi connectivity index (χ1v) is 5.37. The molecular weight excluding hydrogens is 223 g/mol. The molecular formula is C10H16F3NO2. The average Bonchev–Trinajstić information content (AvgIpc) is 2.63. The molecule has 0 amide bonds. The minimum Gasteiger partial charge on any atom is -0.366 e. The summed E-state index contributed by atoms with van der Waals surface area (Å²) in [7, 11) is 0. The number of hydrogen-bond donors (Lipinski definition) is 1. The Balaban J connectivity index is 2.21. The van der Waals surface area contributed by atoms with Crippen molar-refractivity contribution in [1.29, 1.82) is 0 Å². The molecule has 1 heterocycles. The summed E-state index contributed by atoms with van der Waals surface area (Å²) in [5.74, 6) is -0.236. The Morgan fingerprint density at radius 3 is 2.56 bits per heavy atom. The van der Waals surface area contributed by atoms with E-state index in [0.717, 1.165) is 0 Å². The van der Waals surface area contributed by atoms with Gasteiger partial charge in [-0.25, -0.2) is 0 Å². The summed E-state index contributed by atoms with van der Waals surface area (Å²) in [4.78, 5) is 11.5. The molecule has 0 aromatic heterocycles. The molecule has 2 N–H and O–H groups in total. The third-order valence-electron chi connectivity index (χ3n) is 2.61. The van der Waals surface area contributed by atoms with Gasteiger partial charge in [0.25, 0.3) is 0 Å². The first-order chi connectivity index (χ1) is 7.42. The van der Waals surface area contributed by atoms with Gasteiger partial charge in [0, 0.05) is 19.4 Å². The van der Waals surface area contributed by atoms with Gasteiger partial charge in [-0.2, -0.15) is 13.2 Å². The summed E-state index contributed by atoms with van der Waals surface area (Å²) in [6.07, 6.45) is -4.68. The molecule has 1 aliphatic rings. The Labute approximate surface area is 92.1 Å². The predicted octanol–water partition coefficient (Wildman–Crippen LogP) is 1.79. The van der Waals surface area contributed by atoms with Crippen molar-refractivity contribution in [3.05, 3.63) is 0 Å². The summed E-state index contributed by atoms with van der Waals surface area (Å²) in [5, 5.41) is 0. The van der Waals surface area contributed by atoms with Gasteiger partial charge >= 0.3 is 6.18 Å². The number of alkyl halides is 3. The van der Waals surface area contributed by atoms with E-state index in [1.807, 2.05) is 0 Å². The van der Waals surface area contributed by atoms with Crippen molar-refractivity contribution in [3.63, 3.8) is 0 Å². The quantitative estimate of drug-likeness (QED) is 0.795. The van der Waals surface area contributed by atoms with Gasteiger partial charge in [0.2, 0.25) is 0 Å². The molecule has 2 atom stereocenters. The zero-order valence-corrected chi connectivity index (χ0v) is 8.93. The van der Waals surface area contributed by atoms with Crippen molar-refractivity contribution < 1.29 is 22.7 Å². The zero-order chi connectivity index (χ0) is 12.2. The highest BCUT2D eigenvalue weighted by Gasteiger charge is 2.31. The molecule has 0 saturated carbocycles. The third-order valence-corrected chi connectivity index (χ3v) is 2.61. The van der Waals surface area contributed by atoms with E-state index in [1.54, 1.807) is 0 Å². The molecule has 16 heavy (non-hydrogen) atoms. The number of ketones is 1. The lowest BCUT2D eigenvalue weighted by Crippen LogP contribution is -2.25. The normalized spacial score (nSPS) is 26.0. The molecule has 0 aromatic rings. The lowest BCUT2D eigenvalue weighted by Gasteiger charge is -2.11. The van der Waals surface area contributed by atoms with Gasteiger partial charge in [-0.3, -0.25) is 4.79 Å². The maximum atomic E-state index is 11.8. The highest BCUT2D eigenvalue weighted by Crippen LogP contribution is 2.25. The highest BCUT2D eigenvalue weighted by molar-refractivity contribution is 5.83. The number of halogens is 3. The van der Waals surface area contributed by atoms with E-state index >= 15 is 0 Å². The smallest absolute Gasteiger partial charge is 0.366 e. The van der Waals surface area contributed by atoms with E-state index in [1.165, 1.54) is 0 Å². The molecule has 2 unspecified atom stereocenters. The van der Waals surface area contributed by atoms with Crippen LogP contribution >= 0.6 is 0 Å². The molecule has 0 aliphatic carbocycles. The summed E-state index contributed by atoms with van der Waals surface area (Å²) in [6, 6.07) is 0. The Hall–Kier alpha value is -0.620. The fourth-order valence-electron chi connectivity index (χ4n) is 1.74. The maximum absolute atomic E-state index is 11.8. The molecule has 1 aliphatic heterocycles. The molecule has 0 aromatic carbocycles. The van der Waals surface area contributed by atoms with E-state index in [9.17, 15) is 18.0 Å². The zero-order valence-electron chi connectivity index (χ0n) is 8.93. The topological polar surface area (TPSA) is 52.3 Å². The molecule has 1 saturated heterocycles. The van der Waals surface area contributed by atoms with E-state index in [-0.39, 0.29) is 24.7 Å². The second-order valence-corrected chi connectivity index (χ2v) is 3.99. The van der Waals surface area contributed by atoms with Gasteiger partial charge in [0.15, 0.2) is 5.78 Å². The summed E-state index contributed by atoms with van der Waals surface area (Å²) < 4.78 is 40.8. The van der Waals surface area contributed by atoms with Gasteiger partial charge < -0.3 is 10.5 Å². The monoisotopic (exact) mass is 239 g/mol. The van der Waals surface area contributed by atoms with Gasteiger partial charge in [0.1, 0.15) is 6.10 Å². The van der Waals surface area contributed by atoms with Crippen molar-refractivity contribution in [3.8, 4) is 0 Å². The second kappa shape index (κ2) is 5.63. The van der Waals surface area contributed by atoms with Gasteiger partial charge in [-0.05, 0) is 19.3 Å². The Kier molecular flexibility index (Phi) is 4.73. The van der Waals surface area contributed by atoms with Crippen LogP contribution < -0.4 is 5.73 Å². The number of carbonyl (C=O) groups is 1. The Bertz CT molecular complexity index is 243. The van der Waals surface area contributed by atoms with Gasteiger partial charge in [-0.1, -0.05) is 0 Å². The van der Waals surface area contributed by atoms with Crippen molar-refractivity contribution in [2.45, 2.75) is 50.5 Å². The lowest BCUT2D eigenvalue weighted by atomic mass is 10.1. The Morgan fingerprint density at radius 1 is 1.38 bits per heavy atom. The van der Waals surface area contributed by atoms with Gasteiger partial charge in [0.05, 0.1) is 6.10 Å². The number of Topliss-reactive ketones (excluding diaryl/α,β-unsaturated/α-hetero) is 1. The maximum Gasteiger partial charge on any atom is 0.389 e. The minimum absolute atomic E-state index is 0.0680. The summed E-state index contributed by atoms with van der Waals surface area (Å²) in [5.41, 5.74) is 5.37. The van der Waals surface area contributed by atoms with Crippen molar-refractivity contribution in [1.82, 2.24) is 0 Å². The average molecular weight is 239 g/mol. The molecule has 0 radical (unpaired) electrons. The number of rotatable bonds is 5.